The minimum Gasteiger partial charge on any atom is -0.396 e. The molecule has 0 rings (SSSR count). The zero-order valence-electron chi connectivity index (χ0n) is 10.7. The molecule has 2 heteroatoms. The van der Waals surface area contributed by atoms with Crippen LogP contribution in [-0.4, -0.2) is 24.4 Å². The van der Waals surface area contributed by atoms with Crippen LogP contribution in [0.25, 0.3) is 0 Å². The molecule has 2 atom stereocenters. The lowest BCUT2D eigenvalue weighted by Crippen LogP contribution is -2.26. The summed E-state index contributed by atoms with van der Waals surface area (Å²) in [6.45, 7) is 10.3. The molecule has 2 unspecified atom stereocenters. The zero-order chi connectivity index (χ0) is 11.9. The van der Waals surface area contributed by atoms with E-state index in [2.05, 4.69) is 20.4 Å². The third-order valence-corrected chi connectivity index (χ3v) is 3.59. The van der Waals surface area contributed by atoms with Gasteiger partial charge in [0.05, 0.1) is 5.60 Å². The number of methoxy groups -OCH3 is 1. The fourth-order valence-corrected chi connectivity index (χ4v) is 1.52. The third kappa shape index (κ3) is 4.80. The number of ether oxygens (including phenoxy) is 1. The van der Waals surface area contributed by atoms with E-state index in [-0.39, 0.29) is 17.6 Å². The highest BCUT2D eigenvalue weighted by molar-refractivity contribution is 4.93. The van der Waals surface area contributed by atoms with Gasteiger partial charge in [0.25, 0.3) is 0 Å². The van der Waals surface area contributed by atoms with Crippen LogP contribution in [0.15, 0.2) is 12.7 Å². The third-order valence-electron chi connectivity index (χ3n) is 3.59. The molecule has 0 spiro atoms. The molecule has 0 aliphatic rings. The number of hydrogen-bond acceptors (Lipinski definition) is 2. The summed E-state index contributed by atoms with van der Waals surface area (Å²) in [5.41, 5.74) is -0.153. The normalized spacial score (nSPS) is 19.3. The van der Waals surface area contributed by atoms with Crippen LogP contribution in [0, 0.1) is 5.41 Å². The first kappa shape index (κ1) is 14.7. The summed E-state index contributed by atoms with van der Waals surface area (Å²) in [7, 11) is 1.72. The van der Waals surface area contributed by atoms with E-state index in [1.54, 1.807) is 7.11 Å². The number of hydrogen-bond donors (Lipinski definition) is 1. The van der Waals surface area contributed by atoms with Crippen LogP contribution in [0.1, 0.15) is 46.5 Å². The van der Waals surface area contributed by atoms with Gasteiger partial charge in [-0.15, -0.1) is 6.58 Å². The van der Waals surface area contributed by atoms with Crippen molar-refractivity contribution < 1.29 is 9.84 Å². The highest BCUT2D eigenvalue weighted by Crippen LogP contribution is 2.29. The average Bonchev–Trinajstić information content (AvgIpc) is 2.28. The lowest BCUT2D eigenvalue weighted by atomic mass is 9.82. The average molecular weight is 214 g/mol. The van der Waals surface area contributed by atoms with Gasteiger partial charge in [-0.1, -0.05) is 19.9 Å². The van der Waals surface area contributed by atoms with Gasteiger partial charge in [-0.2, -0.15) is 0 Å². The summed E-state index contributed by atoms with van der Waals surface area (Å²) >= 11 is 0. The summed E-state index contributed by atoms with van der Waals surface area (Å²) in [5, 5.41) is 9.28. The van der Waals surface area contributed by atoms with Gasteiger partial charge in [0.2, 0.25) is 0 Å². The fraction of sp³-hybridized carbons (Fsp3) is 0.846. The molecule has 0 aromatic carbocycles. The van der Waals surface area contributed by atoms with Gasteiger partial charge in [-0.3, -0.25) is 0 Å². The van der Waals surface area contributed by atoms with Crippen molar-refractivity contribution in [2.45, 2.75) is 52.1 Å². The molecule has 15 heavy (non-hydrogen) atoms. The number of aliphatic hydroxyl groups excluding tert-OH is 1. The molecule has 0 saturated carbocycles. The van der Waals surface area contributed by atoms with E-state index >= 15 is 0 Å². The van der Waals surface area contributed by atoms with Crippen LogP contribution in [0.4, 0.5) is 0 Å². The molecule has 0 aliphatic carbocycles. The predicted molar refractivity (Wildman–Crippen MR) is 64.9 cm³/mol. The summed E-state index contributed by atoms with van der Waals surface area (Å²) < 4.78 is 5.39. The zero-order valence-corrected chi connectivity index (χ0v) is 10.7. The molecule has 2 nitrogen and oxygen atoms in total. The first-order valence-electron chi connectivity index (χ1n) is 5.75. The van der Waals surface area contributed by atoms with Crippen molar-refractivity contribution in [1.29, 1.82) is 0 Å². The summed E-state index contributed by atoms with van der Waals surface area (Å²) in [6.07, 6.45) is 5.92. The smallest absolute Gasteiger partial charge is 0.0828 e. The molecule has 0 aliphatic heterocycles. The largest absolute Gasteiger partial charge is 0.396 e. The first-order chi connectivity index (χ1) is 6.95. The van der Waals surface area contributed by atoms with E-state index in [1.807, 2.05) is 13.0 Å². The Morgan fingerprint density at radius 1 is 1.33 bits per heavy atom. The lowest BCUT2D eigenvalue weighted by molar-refractivity contribution is 0.0336. The second-order valence-electron chi connectivity index (χ2n) is 4.90. The molecule has 0 bridgehead atoms. The summed E-state index contributed by atoms with van der Waals surface area (Å²) in [6, 6.07) is 0. The molecule has 0 saturated heterocycles. The molecular formula is C13H26O2. The van der Waals surface area contributed by atoms with Crippen molar-refractivity contribution in [1.82, 2.24) is 0 Å². The maximum atomic E-state index is 9.28. The lowest BCUT2D eigenvalue weighted by Gasteiger charge is -2.29. The van der Waals surface area contributed by atoms with E-state index in [0.717, 1.165) is 25.7 Å². The van der Waals surface area contributed by atoms with Gasteiger partial charge in [-0.25, -0.2) is 0 Å². The fourth-order valence-electron chi connectivity index (χ4n) is 1.52. The van der Waals surface area contributed by atoms with Gasteiger partial charge < -0.3 is 9.84 Å². The second-order valence-corrected chi connectivity index (χ2v) is 4.90. The van der Waals surface area contributed by atoms with Crippen LogP contribution >= 0.6 is 0 Å². The first-order valence-corrected chi connectivity index (χ1v) is 5.75. The van der Waals surface area contributed by atoms with Crippen LogP contribution in [-0.2, 0) is 4.74 Å². The molecule has 90 valence electrons. The Bertz CT molecular complexity index is 185. The molecule has 0 fully saturated rings. The minimum absolute atomic E-state index is 0.0653. The number of aliphatic hydroxyl groups is 1. The van der Waals surface area contributed by atoms with E-state index < -0.39 is 0 Å². The highest BCUT2D eigenvalue weighted by Gasteiger charge is 2.24. The van der Waals surface area contributed by atoms with Crippen LogP contribution < -0.4 is 0 Å². The Balaban J connectivity index is 4.02. The van der Waals surface area contributed by atoms with Crippen molar-refractivity contribution in [3.8, 4) is 0 Å². The van der Waals surface area contributed by atoms with Crippen molar-refractivity contribution >= 4 is 0 Å². The van der Waals surface area contributed by atoms with Gasteiger partial charge in [0.15, 0.2) is 0 Å². The SMILES string of the molecule is C=CC(C)(CCCC(C)(CC)CO)OC. The monoisotopic (exact) mass is 214 g/mol. The van der Waals surface area contributed by atoms with Crippen molar-refractivity contribution in [3.05, 3.63) is 12.7 Å². The predicted octanol–water partition coefficient (Wildman–Crippen LogP) is 3.16. The highest BCUT2D eigenvalue weighted by atomic mass is 16.5. The standard InChI is InChI=1S/C13H26O2/c1-6-12(3,11-14)9-8-10-13(4,7-2)15-5/h7,14H,2,6,8-11H2,1,3-5H3. The Labute approximate surface area is 94.3 Å². The Morgan fingerprint density at radius 2 is 1.93 bits per heavy atom. The van der Waals surface area contributed by atoms with Crippen molar-refractivity contribution in [2.75, 3.05) is 13.7 Å². The van der Waals surface area contributed by atoms with E-state index in [0.29, 0.717) is 0 Å². The quantitative estimate of drug-likeness (QED) is 0.629. The van der Waals surface area contributed by atoms with Gasteiger partial charge >= 0.3 is 0 Å². The Hall–Kier alpha value is -0.340. The van der Waals surface area contributed by atoms with E-state index in [1.165, 1.54) is 0 Å². The van der Waals surface area contributed by atoms with E-state index in [9.17, 15) is 5.11 Å². The van der Waals surface area contributed by atoms with Crippen LogP contribution in [0.2, 0.25) is 0 Å². The topological polar surface area (TPSA) is 29.5 Å². The molecule has 0 aromatic heterocycles. The maximum Gasteiger partial charge on any atom is 0.0828 e. The van der Waals surface area contributed by atoms with Crippen LogP contribution in [0.5, 0.6) is 0 Å². The molecule has 0 radical (unpaired) electrons. The molecule has 1 N–H and O–H groups in total. The summed E-state index contributed by atoms with van der Waals surface area (Å²) in [5.74, 6) is 0. The van der Waals surface area contributed by atoms with E-state index in [4.69, 9.17) is 4.74 Å². The Kier molecular flexibility index (Phi) is 6.15. The summed E-state index contributed by atoms with van der Waals surface area (Å²) in [4.78, 5) is 0. The number of rotatable bonds is 8. The van der Waals surface area contributed by atoms with Crippen molar-refractivity contribution in [3.63, 3.8) is 0 Å². The molecular weight excluding hydrogens is 188 g/mol. The molecule has 0 amide bonds. The molecule has 0 heterocycles. The second kappa shape index (κ2) is 6.29. The van der Waals surface area contributed by atoms with Gasteiger partial charge in [0.1, 0.15) is 0 Å². The maximum absolute atomic E-state index is 9.28. The van der Waals surface area contributed by atoms with Gasteiger partial charge in [0, 0.05) is 13.7 Å². The van der Waals surface area contributed by atoms with Crippen LogP contribution in [0.3, 0.4) is 0 Å². The van der Waals surface area contributed by atoms with Crippen molar-refractivity contribution in [2.24, 2.45) is 5.41 Å². The Morgan fingerprint density at radius 3 is 2.27 bits per heavy atom. The molecule has 0 aromatic rings. The minimum atomic E-state index is -0.218. The van der Waals surface area contributed by atoms with Gasteiger partial charge in [-0.05, 0) is 38.0 Å².